The van der Waals surface area contributed by atoms with Crippen LogP contribution in [0.25, 0.3) is 77.8 Å². The Labute approximate surface area is 400 Å². The summed E-state index contributed by atoms with van der Waals surface area (Å²) >= 11 is 0. The first-order valence-electron chi connectivity index (χ1n) is 22.4. The molecule has 9 rings (SSSR count). The van der Waals surface area contributed by atoms with E-state index in [1.54, 1.807) is 6.07 Å². The summed E-state index contributed by atoms with van der Waals surface area (Å²) in [5, 5.41) is 4.99. The summed E-state index contributed by atoms with van der Waals surface area (Å²) in [4.78, 5) is 9.32. The number of benzene rings is 6. The van der Waals surface area contributed by atoms with Gasteiger partial charge in [-0.2, -0.15) is 0 Å². The Morgan fingerprint density at radius 2 is 1.22 bits per heavy atom. The minimum atomic E-state index is -1.36. The summed E-state index contributed by atoms with van der Waals surface area (Å²) < 4.78 is 19.5. The van der Waals surface area contributed by atoms with E-state index >= 15 is 0 Å². The van der Waals surface area contributed by atoms with E-state index in [9.17, 15) is 4.39 Å². The third-order valence-corrected chi connectivity index (χ3v) is 16.1. The molecule has 65 heavy (non-hydrogen) atoms. The van der Waals surface area contributed by atoms with E-state index in [0.717, 1.165) is 55.6 Å². The summed E-state index contributed by atoms with van der Waals surface area (Å²) in [6, 6.07) is 54.4. The van der Waals surface area contributed by atoms with Crippen molar-refractivity contribution >= 4 is 48.5 Å². The molecule has 0 unspecified atom stereocenters. The van der Waals surface area contributed by atoms with Crippen LogP contribution in [0.1, 0.15) is 50.7 Å². The molecule has 0 aliphatic rings. The minimum Gasteiger partial charge on any atom is -0.500 e. The van der Waals surface area contributed by atoms with Crippen molar-refractivity contribution in [3.63, 3.8) is 0 Å². The number of rotatable bonds is 9. The zero-order valence-corrected chi connectivity index (χ0v) is 43.5. The number of pyridine rings is 2. The third-order valence-electron chi connectivity index (χ3n) is 12.1. The molecule has 0 saturated heterocycles. The number of nitrogens with zero attached hydrogens (tertiary/aromatic N) is 2. The number of para-hydroxylation sites is 1. The normalized spacial score (nSPS) is 11.8. The van der Waals surface area contributed by atoms with Gasteiger partial charge in [0, 0.05) is 49.3 Å². The zero-order chi connectivity index (χ0) is 45.3. The number of furan rings is 1. The molecule has 0 amide bonds. The first kappa shape index (κ1) is 47.4. The molecule has 3 nitrogen and oxygen atoms in total. The molecule has 3 heterocycles. The Morgan fingerprint density at radius 3 is 1.82 bits per heavy atom. The molecule has 0 atom stereocenters. The van der Waals surface area contributed by atoms with Gasteiger partial charge in [-0.15, -0.1) is 48.0 Å². The summed E-state index contributed by atoms with van der Waals surface area (Å²) in [5.74, 6) is 0.427. The fourth-order valence-corrected chi connectivity index (χ4v) is 10.5. The van der Waals surface area contributed by atoms with Crippen LogP contribution in [0.5, 0.6) is 0 Å². The third kappa shape index (κ3) is 10.3. The molecule has 0 aliphatic heterocycles. The first-order valence-corrected chi connectivity index (χ1v) is 29.4. The largest absolute Gasteiger partial charge is 0.500 e. The summed E-state index contributed by atoms with van der Waals surface area (Å²) in [7, 11) is -2.66. The summed E-state index contributed by atoms with van der Waals surface area (Å²) in [5.41, 5.74) is 15.1. The summed E-state index contributed by atoms with van der Waals surface area (Å²) in [6.07, 6.45) is 3.87. The molecule has 6 aromatic carbocycles. The number of hydrogen-bond acceptors (Lipinski definition) is 3. The van der Waals surface area contributed by atoms with Crippen LogP contribution < -0.4 is 10.4 Å². The molecule has 0 spiro atoms. The summed E-state index contributed by atoms with van der Waals surface area (Å²) in [6.45, 7) is 23.3. The van der Waals surface area contributed by atoms with E-state index in [1.165, 1.54) is 55.9 Å². The Morgan fingerprint density at radius 1 is 0.554 bits per heavy atom. The second kappa shape index (κ2) is 19.5. The molecule has 0 aliphatic carbocycles. The van der Waals surface area contributed by atoms with Gasteiger partial charge in [-0.05, 0) is 73.4 Å². The predicted octanol–water partition coefficient (Wildman–Crippen LogP) is 15.5. The number of halogens is 1. The van der Waals surface area contributed by atoms with Gasteiger partial charge < -0.3 is 14.4 Å². The van der Waals surface area contributed by atoms with Gasteiger partial charge in [-0.25, -0.2) is 0 Å². The molecule has 7 heteroatoms. The molecule has 3 aromatic heterocycles. The standard InChI is InChI=1S/C44H42NOSi.C14H15FNSi.Ir/c1-28(2)39-25-33(30-19-21-34(22-20-30)47(5,6)7)26-40(29(3)4)42(39)32-23-24-45-41(27-32)38-18-12-17-37-36-16-11-15-35(43(36)46-44(37)38)31-13-9-8-10-14-31;1-17(2,3)13-8-9-14(16-10-13)11-4-6-12(15)7-5-11;/h8-17,19-29H,1-7H3;4,6-10H,1-3H3;/q2*-1;. The van der Waals surface area contributed by atoms with Crippen LogP contribution in [0.4, 0.5) is 4.39 Å². The van der Waals surface area contributed by atoms with Crippen molar-refractivity contribution in [2.75, 3.05) is 0 Å². The van der Waals surface area contributed by atoms with Gasteiger partial charge in [0.1, 0.15) is 5.58 Å². The molecule has 331 valence electrons. The van der Waals surface area contributed by atoms with Gasteiger partial charge in [0.2, 0.25) is 0 Å². The number of aromatic nitrogens is 2. The van der Waals surface area contributed by atoms with Gasteiger partial charge in [0.05, 0.1) is 21.7 Å². The van der Waals surface area contributed by atoms with Crippen molar-refractivity contribution in [2.24, 2.45) is 0 Å². The molecule has 0 N–H and O–H groups in total. The molecule has 1 radical (unpaired) electrons. The van der Waals surface area contributed by atoms with E-state index in [4.69, 9.17) is 9.40 Å². The van der Waals surface area contributed by atoms with Crippen molar-refractivity contribution in [3.8, 4) is 55.9 Å². The second-order valence-corrected chi connectivity index (χ2v) is 29.6. The smallest absolute Gasteiger partial charge is 0.128 e. The van der Waals surface area contributed by atoms with E-state index in [1.807, 2.05) is 30.6 Å². The van der Waals surface area contributed by atoms with Crippen molar-refractivity contribution in [2.45, 2.75) is 78.8 Å². The van der Waals surface area contributed by atoms with Gasteiger partial charge in [0.15, 0.2) is 0 Å². The molecular formula is C58H57FIrN2OSi2-2. The Hall–Kier alpha value is -5.57. The van der Waals surface area contributed by atoms with Crippen LogP contribution in [0.2, 0.25) is 39.3 Å². The first-order chi connectivity index (χ1) is 30.6. The topological polar surface area (TPSA) is 38.9 Å². The van der Waals surface area contributed by atoms with E-state index < -0.39 is 16.1 Å². The fraction of sp³-hybridized carbons (Fsp3) is 0.207. The fourth-order valence-electron chi connectivity index (χ4n) is 8.34. The van der Waals surface area contributed by atoms with Crippen LogP contribution >= 0.6 is 0 Å². The van der Waals surface area contributed by atoms with Crippen molar-refractivity contribution in [3.05, 3.63) is 181 Å². The van der Waals surface area contributed by atoms with Gasteiger partial charge in [0.25, 0.3) is 0 Å². The van der Waals surface area contributed by atoms with Crippen molar-refractivity contribution in [1.29, 1.82) is 0 Å². The van der Waals surface area contributed by atoms with Crippen LogP contribution in [0, 0.1) is 17.9 Å². The molecule has 0 saturated carbocycles. The molecular weight excluding hydrogens is 1010 g/mol. The Bertz CT molecular complexity index is 3030. The van der Waals surface area contributed by atoms with Gasteiger partial charge in [-0.3, -0.25) is 4.39 Å². The number of fused-ring (bicyclic) bond motifs is 3. The van der Waals surface area contributed by atoms with Crippen molar-refractivity contribution < 1.29 is 28.9 Å². The molecule has 9 aromatic rings. The molecule has 0 bridgehead atoms. The van der Waals surface area contributed by atoms with Crippen LogP contribution in [-0.4, -0.2) is 26.1 Å². The average Bonchev–Trinajstić information content (AvgIpc) is 3.68. The van der Waals surface area contributed by atoms with Crippen LogP contribution in [-0.2, 0) is 20.1 Å². The zero-order valence-electron chi connectivity index (χ0n) is 39.1. The Balaban J connectivity index is 0.000000295. The predicted molar refractivity (Wildman–Crippen MR) is 275 cm³/mol. The Kier molecular flexibility index (Phi) is 14.2. The maximum Gasteiger partial charge on any atom is 0.128 e. The molecule has 0 fully saturated rings. The van der Waals surface area contributed by atoms with Crippen molar-refractivity contribution in [1.82, 2.24) is 9.97 Å². The quantitative estimate of drug-likeness (QED) is 0.107. The van der Waals surface area contributed by atoms with E-state index in [-0.39, 0.29) is 25.9 Å². The van der Waals surface area contributed by atoms with E-state index in [0.29, 0.717) is 11.8 Å². The van der Waals surface area contributed by atoms with Gasteiger partial charge >= 0.3 is 0 Å². The van der Waals surface area contributed by atoms with Crippen LogP contribution in [0.15, 0.2) is 156 Å². The number of hydrogen-bond donors (Lipinski definition) is 0. The average molecular weight is 1070 g/mol. The maximum absolute atomic E-state index is 12.8. The maximum atomic E-state index is 12.8. The SMILES string of the molecule is CC(C)c1cc(-c2ccc([Si](C)(C)C)cc2)cc(C(C)C)c1-c1ccnc(-c2[c-]ccc3c2oc2c(-c4ccccc4)cccc23)c1.C[Si](C)(C)c1ccc(-c2[c-]cc(F)cc2)nc1.[Ir]. The van der Waals surface area contributed by atoms with Crippen LogP contribution in [0.3, 0.4) is 0 Å². The minimum absolute atomic E-state index is 0. The monoisotopic (exact) mass is 1070 g/mol. The van der Waals surface area contributed by atoms with Gasteiger partial charge in [-0.1, -0.05) is 186 Å². The van der Waals surface area contributed by atoms with E-state index in [2.05, 4.69) is 187 Å². The second-order valence-electron chi connectivity index (χ2n) is 19.4.